The fourth-order valence-corrected chi connectivity index (χ4v) is 4.48. The van der Waals surface area contributed by atoms with Gasteiger partial charge in [-0.05, 0) is 80.3 Å². The largest absolute Gasteiger partial charge is 0.313 e. The van der Waals surface area contributed by atoms with Crippen molar-refractivity contribution in [3.8, 4) is 0 Å². The zero-order valence-electron chi connectivity index (χ0n) is 12.2. The summed E-state index contributed by atoms with van der Waals surface area (Å²) in [6.45, 7) is 4.09. The van der Waals surface area contributed by atoms with E-state index in [0.29, 0.717) is 6.04 Å². The highest BCUT2D eigenvalue weighted by Gasteiger charge is 2.54. The lowest BCUT2D eigenvalue weighted by atomic mass is 9.91. The summed E-state index contributed by atoms with van der Waals surface area (Å²) >= 11 is 0. The van der Waals surface area contributed by atoms with E-state index in [4.69, 9.17) is 0 Å². The molecule has 2 saturated carbocycles. The highest BCUT2D eigenvalue weighted by Crippen LogP contribution is 2.60. The number of hydrogen-bond acceptors (Lipinski definition) is 1. The van der Waals surface area contributed by atoms with E-state index in [9.17, 15) is 4.39 Å². The Morgan fingerprint density at radius 1 is 1.11 bits per heavy atom. The summed E-state index contributed by atoms with van der Waals surface area (Å²) in [5.41, 5.74) is 3.53. The summed E-state index contributed by atoms with van der Waals surface area (Å²) < 4.78 is 13.5. The fraction of sp³-hybridized carbons (Fsp3) is 0.647. The highest BCUT2D eigenvalue weighted by atomic mass is 19.1. The highest BCUT2D eigenvalue weighted by molar-refractivity contribution is 5.38. The third-order valence-corrected chi connectivity index (χ3v) is 5.29. The molecule has 0 heterocycles. The van der Waals surface area contributed by atoms with E-state index in [2.05, 4.69) is 12.4 Å². The van der Waals surface area contributed by atoms with Crippen molar-refractivity contribution in [1.82, 2.24) is 5.32 Å². The predicted molar refractivity (Wildman–Crippen MR) is 76.6 cm³/mol. The molecule has 2 aliphatic carbocycles. The van der Waals surface area contributed by atoms with Crippen molar-refractivity contribution in [2.24, 2.45) is 17.8 Å². The molecule has 3 atom stereocenters. The first-order chi connectivity index (χ1) is 9.13. The zero-order valence-corrected chi connectivity index (χ0v) is 12.2. The van der Waals surface area contributed by atoms with E-state index in [1.54, 1.807) is 12.1 Å². The Morgan fingerprint density at radius 2 is 1.63 bits per heavy atom. The third kappa shape index (κ3) is 2.20. The molecule has 2 heteroatoms. The Hall–Kier alpha value is -0.890. The summed E-state index contributed by atoms with van der Waals surface area (Å²) in [7, 11) is 2.05. The number of nitrogens with one attached hydrogen (secondary N) is 1. The molecule has 1 aromatic rings. The van der Waals surface area contributed by atoms with Gasteiger partial charge < -0.3 is 5.32 Å². The second-order valence-corrected chi connectivity index (χ2v) is 6.41. The first kappa shape index (κ1) is 13.1. The second kappa shape index (κ2) is 4.90. The maximum absolute atomic E-state index is 13.5. The number of rotatable bonds is 3. The summed E-state index contributed by atoms with van der Waals surface area (Å²) in [6, 6.07) is 3.77. The van der Waals surface area contributed by atoms with Crippen molar-refractivity contribution in [2.75, 3.05) is 7.05 Å². The SMILES string of the molecule is CNC(c1c(C)cc(F)cc1C)C1C2CCCCC21. The van der Waals surface area contributed by atoms with Crippen LogP contribution in [0.2, 0.25) is 0 Å². The molecule has 19 heavy (non-hydrogen) atoms. The van der Waals surface area contributed by atoms with E-state index < -0.39 is 0 Å². The van der Waals surface area contributed by atoms with E-state index in [1.807, 2.05) is 13.8 Å². The predicted octanol–water partition coefficient (Wildman–Crippen LogP) is 4.14. The first-order valence-corrected chi connectivity index (χ1v) is 7.57. The molecular weight excluding hydrogens is 237 g/mol. The number of halogens is 1. The number of aryl methyl sites for hydroxylation is 2. The molecule has 0 amide bonds. The minimum absolute atomic E-state index is 0.109. The van der Waals surface area contributed by atoms with Gasteiger partial charge >= 0.3 is 0 Å². The third-order valence-electron chi connectivity index (χ3n) is 5.29. The molecule has 0 aromatic heterocycles. The molecule has 3 rings (SSSR count). The van der Waals surface area contributed by atoms with Crippen LogP contribution in [-0.2, 0) is 0 Å². The van der Waals surface area contributed by atoms with Crippen LogP contribution in [0.4, 0.5) is 4.39 Å². The lowest BCUT2D eigenvalue weighted by Crippen LogP contribution is -2.22. The van der Waals surface area contributed by atoms with Crippen molar-refractivity contribution < 1.29 is 4.39 Å². The van der Waals surface area contributed by atoms with Gasteiger partial charge in [0.2, 0.25) is 0 Å². The van der Waals surface area contributed by atoms with Gasteiger partial charge in [0.1, 0.15) is 5.82 Å². The van der Waals surface area contributed by atoms with Crippen LogP contribution in [-0.4, -0.2) is 7.05 Å². The summed E-state index contributed by atoms with van der Waals surface area (Å²) in [5.74, 6) is 2.49. The molecule has 0 bridgehead atoms. The van der Waals surface area contributed by atoms with Crippen LogP contribution in [0.15, 0.2) is 12.1 Å². The Balaban J connectivity index is 1.91. The van der Waals surface area contributed by atoms with Crippen molar-refractivity contribution >= 4 is 0 Å². The van der Waals surface area contributed by atoms with Gasteiger partial charge in [-0.2, -0.15) is 0 Å². The van der Waals surface area contributed by atoms with Gasteiger partial charge in [-0.3, -0.25) is 0 Å². The molecule has 2 aliphatic rings. The van der Waals surface area contributed by atoms with Crippen LogP contribution >= 0.6 is 0 Å². The minimum Gasteiger partial charge on any atom is -0.313 e. The molecule has 2 fully saturated rings. The molecule has 0 spiro atoms. The molecule has 3 unspecified atom stereocenters. The summed E-state index contributed by atoms with van der Waals surface area (Å²) in [6.07, 6.45) is 5.59. The van der Waals surface area contributed by atoms with Crippen LogP contribution in [0.1, 0.15) is 48.4 Å². The van der Waals surface area contributed by atoms with Gasteiger partial charge in [0.05, 0.1) is 0 Å². The molecule has 104 valence electrons. The number of benzene rings is 1. The maximum atomic E-state index is 13.5. The standard InChI is InChI=1S/C17H24FN/c1-10-8-12(18)9-11(2)15(10)17(19-3)16-13-6-4-5-7-14(13)16/h8-9,13-14,16-17,19H,4-7H2,1-3H3. The summed E-state index contributed by atoms with van der Waals surface area (Å²) in [4.78, 5) is 0. The van der Waals surface area contributed by atoms with Gasteiger partial charge in [-0.25, -0.2) is 4.39 Å². The zero-order chi connectivity index (χ0) is 13.6. The van der Waals surface area contributed by atoms with Crippen molar-refractivity contribution in [3.63, 3.8) is 0 Å². The maximum Gasteiger partial charge on any atom is 0.123 e. The van der Waals surface area contributed by atoms with Crippen LogP contribution < -0.4 is 5.32 Å². The van der Waals surface area contributed by atoms with Gasteiger partial charge in [0.15, 0.2) is 0 Å². The minimum atomic E-state index is -0.109. The molecule has 1 aromatic carbocycles. The molecule has 0 radical (unpaired) electrons. The summed E-state index contributed by atoms with van der Waals surface area (Å²) in [5, 5.41) is 3.52. The second-order valence-electron chi connectivity index (χ2n) is 6.41. The van der Waals surface area contributed by atoms with E-state index in [1.165, 1.54) is 31.2 Å². The topological polar surface area (TPSA) is 12.0 Å². The van der Waals surface area contributed by atoms with Crippen molar-refractivity contribution in [1.29, 1.82) is 0 Å². The Kier molecular flexibility index (Phi) is 3.38. The van der Waals surface area contributed by atoms with Crippen LogP contribution in [0.5, 0.6) is 0 Å². The van der Waals surface area contributed by atoms with Crippen LogP contribution in [0, 0.1) is 37.4 Å². The first-order valence-electron chi connectivity index (χ1n) is 7.57. The number of fused-ring (bicyclic) bond motifs is 1. The monoisotopic (exact) mass is 261 g/mol. The van der Waals surface area contributed by atoms with Gasteiger partial charge in [-0.1, -0.05) is 12.8 Å². The van der Waals surface area contributed by atoms with Crippen molar-refractivity contribution in [2.45, 2.75) is 45.6 Å². The fourth-order valence-electron chi connectivity index (χ4n) is 4.48. The molecule has 0 aliphatic heterocycles. The van der Waals surface area contributed by atoms with E-state index in [-0.39, 0.29) is 5.82 Å². The molecule has 1 nitrogen and oxygen atoms in total. The van der Waals surface area contributed by atoms with E-state index in [0.717, 1.165) is 28.9 Å². The molecule has 0 saturated heterocycles. The normalized spacial score (nSPS) is 30.8. The molecular formula is C17H24FN. The quantitative estimate of drug-likeness (QED) is 0.862. The Bertz CT molecular complexity index is 447. The van der Waals surface area contributed by atoms with Crippen LogP contribution in [0.3, 0.4) is 0 Å². The molecule has 1 N–H and O–H groups in total. The lowest BCUT2D eigenvalue weighted by Gasteiger charge is -2.22. The van der Waals surface area contributed by atoms with Gasteiger partial charge in [-0.15, -0.1) is 0 Å². The Morgan fingerprint density at radius 3 is 2.11 bits per heavy atom. The van der Waals surface area contributed by atoms with Gasteiger partial charge in [0, 0.05) is 6.04 Å². The lowest BCUT2D eigenvalue weighted by molar-refractivity contribution is 0.476. The van der Waals surface area contributed by atoms with E-state index >= 15 is 0 Å². The van der Waals surface area contributed by atoms with Gasteiger partial charge in [0.25, 0.3) is 0 Å². The Labute approximate surface area is 115 Å². The average molecular weight is 261 g/mol. The van der Waals surface area contributed by atoms with Crippen LogP contribution in [0.25, 0.3) is 0 Å². The smallest absolute Gasteiger partial charge is 0.123 e. The average Bonchev–Trinajstić information content (AvgIpc) is 3.07. The number of hydrogen-bond donors (Lipinski definition) is 1. The van der Waals surface area contributed by atoms with Crippen molar-refractivity contribution in [3.05, 3.63) is 34.6 Å².